The zero-order chi connectivity index (χ0) is 12.1. The third-order valence-electron chi connectivity index (χ3n) is 2.44. The molecule has 0 amide bonds. The molecule has 0 unspecified atom stereocenters. The quantitative estimate of drug-likeness (QED) is 0.442. The highest BCUT2D eigenvalue weighted by molar-refractivity contribution is 5.63. The summed E-state index contributed by atoms with van der Waals surface area (Å²) in [5.41, 5.74) is 4.57. The van der Waals surface area contributed by atoms with Crippen LogP contribution in [-0.4, -0.2) is 27.9 Å². The molecule has 0 aliphatic carbocycles. The minimum Gasteiger partial charge on any atom is -0.496 e. The number of methoxy groups -OCH3 is 2. The van der Waals surface area contributed by atoms with Gasteiger partial charge in [-0.05, 0) is 18.6 Å². The van der Waals surface area contributed by atoms with E-state index < -0.39 is 0 Å². The predicted molar refractivity (Wildman–Crippen MR) is 64.9 cm³/mol. The van der Waals surface area contributed by atoms with Crippen molar-refractivity contribution in [1.29, 1.82) is 0 Å². The summed E-state index contributed by atoms with van der Waals surface area (Å²) in [7, 11) is 5.22. The molecule has 0 saturated carbocycles. The van der Waals surface area contributed by atoms with Gasteiger partial charge < -0.3 is 14.4 Å². The molecule has 3 N–H and O–H groups in total. The lowest BCUT2D eigenvalue weighted by molar-refractivity contribution is 0.400. The van der Waals surface area contributed by atoms with E-state index in [0.29, 0.717) is 6.67 Å². The van der Waals surface area contributed by atoms with Gasteiger partial charge in [-0.15, -0.1) is 0 Å². The molecule has 16 heavy (non-hydrogen) atoms. The Kier molecular flexibility index (Phi) is 4.39. The third-order valence-corrected chi connectivity index (χ3v) is 2.44. The highest BCUT2D eigenvalue weighted by Gasteiger charge is 2.11. The van der Waals surface area contributed by atoms with Crippen molar-refractivity contribution >= 4 is 5.69 Å². The summed E-state index contributed by atoms with van der Waals surface area (Å²) in [5.74, 6) is 6.93. The van der Waals surface area contributed by atoms with Crippen LogP contribution in [0.4, 0.5) is 5.69 Å². The number of ether oxygens (including phenoxy) is 2. The maximum atomic E-state index is 5.33. The molecule has 0 heterocycles. The predicted octanol–water partition coefficient (Wildman–Crippen LogP) is 0.869. The summed E-state index contributed by atoms with van der Waals surface area (Å²) in [6.07, 6.45) is 0. The van der Waals surface area contributed by atoms with Crippen LogP contribution in [0.3, 0.4) is 0 Å². The van der Waals surface area contributed by atoms with Crippen molar-refractivity contribution < 1.29 is 9.47 Å². The van der Waals surface area contributed by atoms with E-state index in [0.717, 1.165) is 22.7 Å². The number of anilines is 1. The number of hydrogen-bond donors (Lipinski definition) is 2. The summed E-state index contributed by atoms with van der Waals surface area (Å²) in [5, 5.41) is 0. The monoisotopic (exact) mass is 225 g/mol. The number of hydrogen-bond acceptors (Lipinski definition) is 5. The Morgan fingerprint density at radius 3 is 2.38 bits per heavy atom. The topological polar surface area (TPSA) is 59.8 Å². The molecule has 0 fully saturated rings. The standard InChI is InChI=1S/C11H19N3O2/c1-8-5-11(16-4)9(6-10(8)15-3)14(2)7-13-12/h5-6,13H,7,12H2,1-4H3. The Morgan fingerprint density at radius 1 is 1.25 bits per heavy atom. The van der Waals surface area contributed by atoms with Crippen LogP contribution >= 0.6 is 0 Å². The van der Waals surface area contributed by atoms with Gasteiger partial charge in [-0.2, -0.15) is 0 Å². The summed E-state index contributed by atoms with van der Waals surface area (Å²) >= 11 is 0. The van der Waals surface area contributed by atoms with Gasteiger partial charge in [0.1, 0.15) is 11.5 Å². The van der Waals surface area contributed by atoms with Crippen LogP contribution < -0.4 is 25.6 Å². The highest BCUT2D eigenvalue weighted by atomic mass is 16.5. The van der Waals surface area contributed by atoms with Gasteiger partial charge in [0.15, 0.2) is 0 Å². The SMILES string of the molecule is COc1cc(N(C)CNN)c(OC)cc1C. The maximum absolute atomic E-state index is 5.33. The van der Waals surface area contributed by atoms with Crippen LogP contribution in [0.1, 0.15) is 5.56 Å². The molecular formula is C11H19N3O2. The zero-order valence-electron chi connectivity index (χ0n) is 10.2. The van der Waals surface area contributed by atoms with Crippen molar-refractivity contribution in [3.8, 4) is 11.5 Å². The second-order valence-electron chi connectivity index (χ2n) is 3.55. The number of nitrogens with one attached hydrogen (secondary N) is 1. The molecule has 0 aliphatic rings. The first-order chi connectivity index (χ1) is 7.63. The van der Waals surface area contributed by atoms with E-state index in [-0.39, 0.29) is 0 Å². The van der Waals surface area contributed by atoms with Gasteiger partial charge in [0.2, 0.25) is 0 Å². The molecule has 0 bridgehead atoms. The van der Waals surface area contributed by atoms with Crippen LogP contribution in [-0.2, 0) is 0 Å². The first-order valence-corrected chi connectivity index (χ1v) is 5.01. The summed E-state index contributed by atoms with van der Waals surface area (Å²) in [4.78, 5) is 1.95. The molecule has 0 saturated heterocycles. The summed E-state index contributed by atoms with van der Waals surface area (Å²) in [6.45, 7) is 2.51. The Labute approximate surface area is 96.1 Å². The molecule has 0 atom stereocenters. The van der Waals surface area contributed by atoms with Gasteiger partial charge in [-0.25, -0.2) is 5.43 Å². The lowest BCUT2D eigenvalue weighted by Gasteiger charge is -2.22. The van der Waals surface area contributed by atoms with E-state index in [9.17, 15) is 0 Å². The number of aryl methyl sites for hydroxylation is 1. The number of hydrazine groups is 1. The largest absolute Gasteiger partial charge is 0.496 e. The fourth-order valence-electron chi connectivity index (χ4n) is 1.55. The maximum Gasteiger partial charge on any atom is 0.142 e. The molecule has 0 radical (unpaired) electrons. The lowest BCUT2D eigenvalue weighted by atomic mass is 10.1. The first-order valence-electron chi connectivity index (χ1n) is 5.01. The van der Waals surface area contributed by atoms with Crippen molar-refractivity contribution in [3.63, 3.8) is 0 Å². The number of benzene rings is 1. The lowest BCUT2D eigenvalue weighted by Crippen LogP contribution is -2.35. The van der Waals surface area contributed by atoms with E-state index in [2.05, 4.69) is 5.43 Å². The Hall–Kier alpha value is -1.46. The van der Waals surface area contributed by atoms with E-state index >= 15 is 0 Å². The van der Waals surface area contributed by atoms with E-state index in [1.165, 1.54) is 0 Å². The average Bonchev–Trinajstić information content (AvgIpc) is 2.28. The normalized spacial score (nSPS) is 10.1. The van der Waals surface area contributed by atoms with E-state index in [4.69, 9.17) is 15.3 Å². The number of rotatable bonds is 5. The third kappa shape index (κ3) is 2.56. The molecule has 5 nitrogen and oxygen atoms in total. The Morgan fingerprint density at radius 2 is 1.88 bits per heavy atom. The van der Waals surface area contributed by atoms with Crippen molar-refractivity contribution in [1.82, 2.24) is 5.43 Å². The minimum absolute atomic E-state index is 0.530. The van der Waals surface area contributed by atoms with Crippen molar-refractivity contribution in [2.75, 3.05) is 32.8 Å². The van der Waals surface area contributed by atoms with Gasteiger partial charge >= 0.3 is 0 Å². The van der Waals surface area contributed by atoms with Crippen molar-refractivity contribution in [2.45, 2.75) is 6.92 Å². The van der Waals surface area contributed by atoms with Crippen LogP contribution in [0, 0.1) is 6.92 Å². The zero-order valence-corrected chi connectivity index (χ0v) is 10.2. The van der Waals surface area contributed by atoms with Crippen LogP contribution in [0.2, 0.25) is 0 Å². The minimum atomic E-state index is 0.530. The number of nitrogens with zero attached hydrogens (tertiary/aromatic N) is 1. The van der Waals surface area contributed by atoms with Crippen LogP contribution in [0.15, 0.2) is 12.1 Å². The average molecular weight is 225 g/mol. The molecule has 0 aliphatic heterocycles. The second-order valence-corrected chi connectivity index (χ2v) is 3.55. The molecular weight excluding hydrogens is 206 g/mol. The molecule has 1 aromatic carbocycles. The van der Waals surface area contributed by atoms with E-state index in [1.54, 1.807) is 14.2 Å². The Bertz CT molecular complexity index is 355. The molecule has 90 valence electrons. The van der Waals surface area contributed by atoms with Crippen LogP contribution in [0.25, 0.3) is 0 Å². The molecule has 1 aromatic rings. The van der Waals surface area contributed by atoms with Crippen molar-refractivity contribution in [2.24, 2.45) is 5.84 Å². The van der Waals surface area contributed by atoms with Crippen LogP contribution in [0.5, 0.6) is 11.5 Å². The fourth-order valence-corrected chi connectivity index (χ4v) is 1.55. The van der Waals surface area contributed by atoms with Gasteiger partial charge in [0.25, 0.3) is 0 Å². The number of nitrogens with two attached hydrogens (primary N) is 1. The summed E-state index contributed by atoms with van der Waals surface area (Å²) < 4.78 is 10.6. The smallest absolute Gasteiger partial charge is 0.142 e. The van der Waals surface area contributed by atoms with Gasteiger partial charge in [-0.1, -0.05) is 0 Å². The second kappa shape index (κ2) is 5.58. The summed E-state index contributed by atoms with van der Waals surface area (Å²) in [6, 6.07) is 3.88. The first kappa shape index (κ1) is 12.6. The van der Waals surface area contributed by atoms with E-state index in [1.807, 2.05) is 31.0 Å². The molecule has 5 heteroatoms. The molecule has 0 aromatic heterocycles. The van der Waals surface area contributed by atoms with Gasteiger partial charge in [-0.3, -0.25) is 5.84 Å². The highest BCUT2D eigenvalue weighted by Crippen LogP contribution is 2.34. The molecule has 1 rings (SSSR count). The van der Waals surface area contributed by atoms with Gasteiger partial charge in [0.05, 0.1) is 26.6 Å². The molecule has 0 spiro atoms. The van der Waals surface area contributed by atoms with Crippen molar-refractivity contribution in [3.05, 3.63) is 17.7 Å². The Balaban J connectivity index is 3.13. The fraction of sp³-hybridized carbons (Fsp3) is 0.455. The van der Waals surface area contributed by atoms with Gasteiger partial charge in [0, 0.05) is 13.1 Å².